The molecule has 5 nitrogen and oxygen atoms in total. The van der Waals surface area contributed by atoms with Gasteiger partial charge in [0.2, 0.25) is 0 Å². The Balaban J connectivity index is 2.17. The van der Waals surface area contributed by atoms with Crippen LogP contribution < -0.4 is 5.32 Å². The molecule has 0 saturated heterocycles. The molecule has 1 N–H and O–H groups in total. The Labute approximate surface area is 106 Å². The largest absolute Gasteiger partial charge is 0.352 e. The second-order valence-corrected chi connectivity index (χ2v) is 4.34. The van der Waals surface area contributed by atoms with Gasteiger partial charge in [-0.1, -0.05) is 22.6 Å². The maximum absolute atomic E-state index is 11.8. The first-order valence-corrected chi connectivity index (χ1v) is 6.47. The fourth-order valence-electron chi connectivity index (χ4n) is 1.37. The Morgan fingerprint density at radius 3 is 3.19 bits per heavy atom. The van der Waals surface area contributed by atoms with Crippen LogP contribution in [0.4, 0.5) is 0 Å². The molecule has 0 aliphatic rings. The van der Waals surface area contributed by atoms with Crippen LogP contribution >= 0.6 is 22.6 Å². The van der Waals surface area contributed by atoms with E-state index in [4.69, 9.17) is 0 Å². The predicted molar refractivity (Wildman–Crippen MR) is 68.8 cm³/mol. The molecule has 84 valence electrons. The summed E-state index contributed by atoms with van der Waals surface area (Å²) < 4.78 is 2.68. The number of nitrogens with zero attached hydrogens (tertiary/aromatic N) is 3. The molecule has 0 radical (unpaired) electrons. The number of hydrogen-bond donors (Lipinski definition) is 1. The number of amides is 1. The monoisotopic (exact) mass is 330 g/mol. The molecule has 16 heavy (non-hydrogen) atoms. The fourth-order valence-corrected chi connectivity index (χ4v) is 1.75. The lowest BCUT2D eigenvalue weighted by Crippen LogP contribution is -2.24. The molecular weight excluding hydrogens is 319 g/mol. The van der Waals surface area contributed by atoms with Crippen molar-refractivity contribution in [3.8, 4) is 0 Å². The smallest absolute Gasteiger partial charge is 0.255 e. The van der Waals surface area contributed by atoms with Crippen molar-refractivity contribution in [1.82, 2.24) is 19.9 Å². The molecule has 0 aliphatic heterocycles. The summed E-state index contributed by atoms with van der Waals surface area (Å²) in [4.78, 5) is 15.8. The molecule has 0 atom stereocenters. The standard InChI is InChI=1S/C10H11IN4O/c11-2-1-3-13-10(16)8-6-14-15-5-4-12-7-9(8)15/h4-7H,1-3H2,(H,13,16). The van der Waals surface area contributed by atoms with Crippen LogP contribution in [0.2, 0.25) is 0 Å². The lowest BCUT2D eigenvalue weighted by molar-refractivity contribution is 0.0955. The summed E-state index contributed by atoms with van der Waals surface area (Å²) in [5.74, 6) is -0.0900. The van der Waals surface area contributed by atoms with Gasteiger partial charge in [0.1, 0.15) is 0 Å². The first-order chi connectivity index (χ1) is 7.83. The van der Waals surface area contributed by atoms with Crippen molar-refractivity contribution in [2.75, 3.05) is 11.0 Å². The first-order valence-electron chi connectivity index (χ1n) is 4.94. The predicted octanol–water partition coefficient (Wildman–Crippen LogP) is 1.28. The zero-order valence-electron chi connectivity index (χ0n) is 8.56. The topological polar surface area (TPSA) is 59.3 Å². The average molecular weight is 330 g/mol. The Bertz CT molecular complexity index is 496. The number of rotatable bonds is 4. The molecule has 1 amide bonds. The van der Waals surface area contributed by atoms with E-state index in [1.54, 1.807) is 29.3 Å². The van der Waals surface area contributed by atoms with Crippen molar-refractivity contribution in [2.45, 2.75) is 6.42 Å². The van der Waals surface area contributed by atoms with Crippen LogP contribution in [0.5, 0.6) is 0 Å². The number of carbonyl (C=O) groups excluding carboxylic acids is 1. The molecule has 0 spiro atoms. The van der Waals surface area contributed by atoms with Gasteiger partial charge >= 0.3 is 0 Å². The highest BCUT2D eigenvalue weighted by molar-refractivity contribution is 14.1. The van der Waals surface area contributed by atoms with Gasteiger partial charge in [0, 0.05) is 23.4 Å². The number of aromatic nitrogens is 3. The Hall–Kier alpha value is -1.18. The molecular formula is C10H11IN4O. The third kappa shape index (κ3) is 2.31. The van der Waals surface area contributed by atoms with Crippen LogP contribution in [0.1, 0.15) is 16.8 Å². The lowest BCUT2D eigenvalue weighted by Gasteiger charge is -2.01. The summed E-state index contributed by atoms with van der Waals surface area (Å²) in [6.45, 7) is 0.694. The van der Waals surface area contributed by atoms with Gasteiger partial charge in [0.05, 0.1) is 23.5 Å². The van der Waals surface area contributed by atoms with Crippen molar-refractivity contribution in [2.24, 2.45) is 0 Å². The molecule has 6 heteroatoms. The third-order valence-corrected chi connectivity index (χ3v) is 2.93. The minimum Gasteiger partial charge on any atom is -0.352 e. The molecule has 0 fully saturated rings. The number of nitrogens with one attached hydrogen (secondary N) is 1. The lowest BCUT2D eigenvalue weighted by atomic mass is 10.3. The van der Waals surface area contributed by atoms with E-state index in [0.29, 0.717) is 12.1 Å². The van der Waals surface area contributed by atoms with Gasteiger partial charge in [-0.25, -0.2) is 4.52 Å². The Kier molecular flexibility index (Phi) is 3.70. The molecule has 0 unspecified atom stereocenters. The van der Waals surface area contributed by atoms with E-state index < -0.39 is 0 Å². The summed E-state index contributed by atoms with van der Waals surface area (Å²) >= 11 is 2.28. The molecule has 2 aromatic rings. The van der Waals surface area contributed by atoms with E-state index in [9.17, 15) is 4.79 Å². The Morgan fingerprint density at radius 2 is 2.38 bits per heavy atom. The highest BCUT2D eigenvalue weighted by atomic mass is 127. The van der Waals surface area contributed by atoms with Gasteiger partial charge in [0.25, 0.3) is 5.91 Å². The van der Waals surface area contributed by atoms with Crippen LogP contribution in [0, 0.1) is 0 Å². The van der Waals surface area contributed by atoms with Gasteiger partial charge in [-0.2, -0.15) is 5.10 Å². The quantitative estimate of drug-likeness (QED) is 0.522. The van der Waals surface area contributed by atoms with Gasteiger partial charge in [-0.3, -0.25) is 9.78 Å². The number of alkyl halides is 1. The van der Waals surface area contributed by atoms with Crippen LogP contribution in [0.25, 0.3) is 5.52 Å². The molecule has 2 rings (SSSR count). The first kappa shape index (κ1) is 11.3. The number of halogens is 1. The molecule has 0 bridgehead atoms. The normalized spacial score (nSPS) is 10.6. The van der Waals surface area contributed by atoms with Gasteiger partial charge in [0.15, 0.2) is 0 Å². The third-order valence-electron chi connectivity index (χ3n) is 2.17. The van der Waals surface area contributed by atoms with Gasteiger partial charge < -0.3 is 5.32 Å². The van der Waals surface area contributed by atoms with Crippen LogP contribution in [-0.4, -0.2) is 31.5 Å². The minimum atomic E-state index is -0.0900. The van der Waals surface area contributed by atoms with Crippen LogP contribution in [0.15, 0.2) is 24.8 Å². The van der Waals surface area contributed by atoms with Gasteiger partial charge in [-0.05, 0) is 6.42 Å². The fraction of sp³-hybridized carbons (Fsp3) is 0.300. The average Bonchev–Trinajstić information content (AvgIpc) is 2.73. The molecule has 0 aliphatic carbocycles. The van der Waals surface area contributed by atoms with E-state index in [-0.39, 0.29) is 5.91 Å². The zero-order valence-corrected chi connectivity index (χ0v) is 10.7. The van der Waals surface area contributed by atoms with E-state index in [0.717, 1.165) is 16.4 Å². The van der Waals surface area contributed by atoms with E-state index in [1.165, 1.54) is 0 Å². The van der Waals surface area contributed by atoms with Crippen molar-refractivity contribution < 1.29 is 4.79 Å². The van der Waals surface area contributed by atoms with E-state index in [1.807, 2.05) is 0 Å². The second-order valence-electron chi connectivity index (χ2n) is 3.26. The minimum absolute atomic E-state index is 0.0900. The second kappa shape index (κ2) is 5.24. The maximum atomic E-state index is 11.8. The van der Waals surface area contributed by atoms with Crippen molar-refractivity contribution >= 4 is 34.0 Å². The highest BCUT2D eigenvalue weighted by Crippen LogP contribution is 2.07. The van der Waals surface area contributed by atoms with Crippen molar-refractivity contribution in [1.29, 1.82) is 0 Å². The number of carbonyl (C=O) groups is 1. The van der Waals surface area contributed by atoms with Crippen molar-refractivity contribution in [3.05, 3.63) is 30.4 Å². The maximum Gasteiger partial charge on any atom is 0.255 e. The molecule has 0 saturated carbocycles. The van der Waals surface area contributed by atoms with E-state index in [2.05, 4.69) is 38.0 Å². The van der Waals surface area contributed by atoms with Gasteiger partial charge in [-0.15, -0.1) is 0 Å². The summed E-state index contributed by atoms with van der Waals surface area (Å²) in [5.41, 5.74) is 1.30. The Morgan fingerprint density at radius 1 is 1.50 bits per heavy atom. The SMILES string of the molecule is O=C(NCCCI)c1cnn2ccncc12. The summed E-state index contributed by atoms with van der Waals surface area (Å²) in [7, 11) is 0. The summed E-state index contributed by atoms with van der Waals surface area (Å²) in [6, 6.07) is 0. The summed E-state index contributed by atoms with van der Waals surface area (Å²) in [6.07, 6.45) is 7.54. The summed E-state index contributed by atoms with van der Waals surface area (Å²) in [5, 5.41) is 6.94. The molecule has 2 aromatic heterocycles. The molecule has 0 aromatic carbocycles. The molecule has 2 heterocycles. The highest BCUT2D eigenvalue weighted by Gasteiger charge is 2.11. The number of hydrogen-bond acceptors (Lipinski definition) is 3. The zero-order chi connectivity index (χ0) is 11.4. The van der Waals surface area contributed by atoms with Crippen LogP contribution in [-0.2, 0) is 0 Å². The van der Waals surface area contributed by atoms with Crippen molar-refractivity contribution in [3.63, 3.8) is 0 Å². The number of fused-ring (bicyclic) bond motifs is 1. The van der Waals surface area contributed by atoms with E-state index >= 15 is 0 Å². The van der Waals surface area contributed by atoms with Crippen LogP contribution in [0.3, 0.4) is 0 Å².